The van der Waals surface area contributed by atoms with Crippen LogP contribution in [-0.4, -0.2) is 30.4 Å². The molecule has 140 valence electrons. The molecule has 1 aromatic carbocycles. The molecule has 2 atom stereocenters. The molecule has 2 aliphatic rings. The van der Waals surface area contributed by atoms with Crippen molar-refractivity contribution >= 4 is 30.1 Å². The van der Waals surface area contributed by atoms with Crippen molar-refractivity contribution < 1.29 is 9.53 Å². The quantitative estimate of drug-likeness (QED) is 0.735. The van der Waals surface area contributed by atoms with Gasteiger partial charge in [0, 0.05) is 17.0 Å². The Labute approximate surface area is 161 Å². The third kappa shape index (κ3) is 5.53. The normalized spacial score (nSPS) is 27.9. The Hall–Kier alpha value is -0.910. The number of carbonyl (C=O) groups excluding carboxylic acids is 1. The first-order valence-electron chi connectivity index (χ1n) is 9.06. The van der Waals surface area contributed by atoms with Crippen molar-refractivity contribution in [1.29, 1.82) is 0 Å². The van der Waals surface area contributed by atoms with Crippen molar-refractivity contribution in [2.75, 3.05) is 12.4 Å². The highest BCUT2D eigenvalue weighted by atomic mass is 35.5. The number of amides is 1. The van der Waals surface area contributed by atoms with Gasteiger partial charge in [0.2, 0.25) is 5.91 Å². The van der Waals surface area contributed by atoms with Crippen LogP contribution in [0.5, 0.6) is 5.75 Å². The lowest BCUT2D eigenvalue weighted by Crippen LogP contribution is -2.54. The van der Waals surface area contributed by atoms with Crippen LogP contribution >= 0.6 is 24.2 Å². The first-order chi connectivity index (χ1) is 11.7. The van der Waals surface area contributed by atoms with Crippen molar-refractivity contribution in [2.45, 2.75) is 56.0 Å². The number of hydrogen-bond donors (Lipinski definition) is 2. The number of thioether (sulfide) groups is 1. The van der Waals surface area contributed by atoms with E-state index in [-0.39, 0.29) is 18.3 Å². The molecule has 2 bridgehead atoms. The van der Waals surface area contributed by atoms with Crippen molar-refractivity contribution in [2.24, 2.45) is 17.6 Å². The highest BCUT2D eigenvalue weighted by molar-refractivity contribution is 8.00. The van der Waals surface area contributed by atoms with E-state index in [0.717, 1.165) is 23.5 Å². The second kappa shape index (κ2) is 9.70. The molecular formula is C19H29ClN2O2S. The summed E-state index contributed by atoms with van der Waals surface area (Å²) in [5, 5.41) is 3.30. The van der Waals surface area contributed by atoms with E-state index in [0.29, 0.717) is 36.3 Å². The number of ether oxygens (including phenoxy) is 1. The lowest BCUT2D eigenvalue weighted by molar-refractivity contribution is -0.120. The van der Waals surface area contributed by atoms with Crippen LogP contribution in [0.4, 0.5) is 0 Å². The Kier molecular flexibility index (Phi) is 7.91. The second-order valence-corrected chi connectivity index (χ2v) is 8.02. The van der Waals surface area contributed by atoms with Gasteiger partial charge in [-0.3, -0.25) is 4.79 Å². The van der Waals surface area contributed by atoms with Crippen LogP contribution in [0.15, 0.2) is 29.2 Å². The van der Waals surface area contributed by atoms with Crippen molar-refractivity contribution in [1.82, 2.24) is 5.32 Å². The van der Waals surface area contributed by atoms with Gasteiger partial charge >= 0.3 is 0 Å². The van der Waals surface area contributed by atoms with E-state index in [1.165, 1.54) is 19.3 Å². The molecule has 6 heteroatoms. The largest absolute Gasteiger partial charge is 0.494 e. The molecule has 0 spiro atoms. The molecule has 1 aromatic rings. The third-order valence-electron chi connectivity index (χ3n) is 5.21. The van der Waals surface area contributed by atoms with Crippen LogP contribution in [-0.2, 0) is 4.79 Å². The molecule has 0 aromatic heterocycles. The fraction of sp³-hybridized carbons (Fsp3) is 0.632. The van der Waals surface area contributed by atoms with Crippen LogP contribution in [0.3, 0.4) is 0 Å². The number of fused-ring (bicyclic) bond motifs is 2. The van der Waals surface area contributed by atoms with Gasteiger partial charge in [-0.1, -0.05) is 6.42 Å². The van der Waals surface area contributed by atoms with Crippen LogP contribution < -0.4 is 15.8 Å². The molecule has 0 radical (unpaired) electrons. The highest BCUT2D eigenvalue weighted by Gasteiger charge is 2.39. The van der Waals surface area contributed by atoms with Gasteiger partial charge in [0.25, 0.3) is 0 Å². The molecule has 3 N–H and O–H groups in total. The number of carbonyl (C=O) groups is 1. The maximum atomic E-state index is 12.4. The first-order valence-corrected chi connectivity index (χ1v) is 10.0. The molecular weight excluding hydrogens is 356 g/mol. The Balaban J connectivity index is 0.00000225. The minimum Gasteiger partial charge on any atom is -0.494 e. The zero-order valence-electron chi connectivity index (χ0n) is 14.8. The van der Waals surface area contributed by atoms with E-state index < -0.39 is 0 Å². The Morgan fingerprint density at radius 1 is 1.24 bits per heavy atom. The summed E-state index contributed by atoms with van der Waals surface area (Å²) in [6, 6.07) is 8.60. The Morgan fingerprint density at radius 2 is 1.88 bits per heavy atom. The standard InChI is InChI=1S/C19H28N2O2S.ClH/c1-2-23-16-6-8-17(9-7-16)24-12-18(22)21-19-13-4-3-5-14(19)11-15(20)10-13;/h6-9,13-15,19H,2-5,10-12,20H2,1H3,(H,21,22);1H. The summed E-state index contributed by atoms with van der Waals surface area (Å²) in [6.07, 6.45) is 5.83. The predicted octanol–water partition coefficient (Wildman–Crippen LogP) is 3.62. The molecule has 25 heavy (non-hydrogen) atoms. The van der Waals surface area contributed by atoms with Gasteiger partial charge in [0.1, 0.15) is 5.75 Å². The van der Waals surface area contributed by atoms with Crippen LogP contribution in [0.25, 0.3) is 0 Å². The van der Waals surface area contributed by atoms with Gasteiger partial charge in [-0.05, 0) is 68.7 Å². The number of halogens is 1. The van der Waals surface area contributed by atoms with Crippen LogP contribution in [0.2, 0.25) is 0 Å². The summed E-state index contributed by atoms with van der Waals surface area (Å²) in [4.78, 5) is 13.5. The van der Waals surface area contributed by atoms with Crippen LogP contribution in [0, 0.1) is 11.8 Å². The van der Waals surface area contributed by atoms with E-state index in [2.05, 4.69) is 5.32 Å². The van der Waals surface area contributed by atoms with E-state index in [9.17, 15) is 4.79 Å². The minimum absolute atomic E-state index is 0. The maximum Gasteiger partial charge on any atom is 0.230 e. The molecule has 1 amide bonds. The average Bonchev–Trinajstić information content (AvgIpc) is 2.55. The summed E-state index contributed by atoms with van der Waals surface area (Å²) in [5.74, 6) is 2.64. The zero-order chi connectivity index (χ0) is 16.9. The maximum absolute atomic E-state index is 12.4. The molecule has 0 aliphatic heterocycles. The van der Waals surface area contributed by atoms with E-state index in [1.807, 2.05) is 31.2 Å². The van der Waals surface area contributed by atoms with E-state index >= 15 is 0 Å². The number of rotatable bonds is 6. The van der Waals surface area contributed by atoms with Gasteiger partial charge < -0.3 is 15.8 Å². The number of nitrogens with one attached hydrogen (secondary N) is 1. The smallest absolute Gasteiger partial charge is 0.230 e. The first kappa shape index (κ1) is 20.4. The van der Waals surface area contributed by atoms with Crippen molar-refractivity contribution in [3.8, 4) is 5.75 Å². The summed E-state index contributed by atoms with van der Waals surface area (Å²) < 4.78 is 5.44. The van der Waals surface area contributed by atoms with Crippen LogP contribution in [0.1, 0.15) is 39.0 Å². The molecule has 2 fully saturated rings. The Morgan fingerprint density at radius 3 is 2.48 bits per heavy atom. The van der Waals surface area contributed by atoms with Gasteiger partial charge in [-0.15, -0.1) is 24.2 Å². The SMILES string of the molecule is CCOc1ccc(SCC(=O)NC2C3CCCC2CC(N)C3)cc1.Cl. The minimum atomic E-state index is 0. The molecule has 2 aliphatic carbocycles. The van der Waals surface area contributed by atoms with E-state index in [4.69, 9.17) is 10.5 Å². The zero-order valence-corrected chi connectivity index (χ0v) is 16.4. The lowest BCUT2D eigenvalue weighted by Gasteiger charge is -2.45. The number of nitrogens with two attached hydrogens (primary N) is 1. The summed E-state index contributed by atoms with van der Waals surface area (Å²) >= 11 is 1.58. The molecule has 2 saturated carbocycles. The fourth-order valence-corrected chi connectivity index (χ4v) is 4.91. The monoisotopic (exact) mass is 384 g/mol. The molecule has 0 saturated heterocycles. The third-order valence-corrected chi connectivity index (χ3v) is 6.22. The fourth-order valence-electron chi connectivity index (χ4n) is 4.20. The van der Waals surface area contributed by atoms with Gasteiger partial charge in [-0.2, -0.15) is 0 Å². The summed E-state index contributed by atoms with van der Waals surface area (Å²) in [5.41, 5.74) is 6.16. The van der Waals surface area contributed by atoms with Gasteiger partial charge in [0.05, 0.1) is 12.4 Å². The van der Waals surface area contributed by atoms with Crippen molar-refractivity contribution in [3.63, 3.8) is 0 Å². The topological polar surface area (TPSA) is 64.3 Å². The average molecular weight is 385 g/mol. The second-order valence-electron chi connectivity index (χ2n) is 6.97. The van der Waals surface area contributed by atoms with Crippen molar-refractivity contribution in [3.05, 3.63) is 24.3 Å². The molecule has 2 unspecified atom stereocenters. The summed E-state index contributed by atoms with van der Waals surface area (Å²) in [6.45, 7) is 2.64. The van der Waals surface area contributed by atoms with Gasteiger partial charge in [0.15, 0.2) is 0 Å². The molecule has 0 heterocycles. The van der Waals surface area contributed by atoms with Gasteiger partial charge in [-0.25, -0.2) is 0 Å². The summed E-state index contributed by atoms with van der Waals surface area (Å²) in [7, 11) is 0. The molecule has 4 nitrogen and oxygen atoms in total. The number of benzene rings is 1. The highest BCUT2D eigenvalue weighted by Crippen LogP contribution is 2.39. The predicted molar refractivity (Wildman–Crippen MR) is 106 cm³/mol. The van der Waals surface area contributed by atoms with E-state index in [1.54, 1.807) is 11.8 Å². The lowest BCUT2D eigenvalue weighted by atomic mass is 9.67. The molecule has 3 rings (SSSR count). The Bertz CT molecular complexity index is 541. The number of hydrogen-bond acceptors (Lipinski definition) is 4.